The normalized spacial score (nSPS) is 16.5. The number of carbonyl (C=O) groups is 1. The molecule has 0 radical (unpaired) electrons. The van der Waals surface area contributed by atoms with Crippen LogP contribution in [0, 0.1) is 5.82 Å². The minimum atomic E-state index is -3.24. The van der Waals surface area contributed by atoms with Crippen LogP contribution in [0.25, 0.3) is 0 Å². The van der Waals surface area contributed by atoms with Crippen molar-refractivity contribution < 1.29 is 17.6 Å². The molecule has 1 aliphatic heterocycles. The van der Waals surface area contributed by atoms with Crippen LogP contribution < -0.4 is 4.72 Å². The first kappa shape index (κ1) is 17.9. The molecular formula is C16H23FN2O3S. The molecule has 7 heteroatoms. The lowest BCUT2D eigenvalue weighted by Crippen LogP contribution is -2.47. The van der Waals surface area contributed by atoms with Gasteiger partial charge in [0.1, 0.15) is 5.82 Å². The van der Waals surface area contributed by atoms with Crippen LogP contribution in [0.5, 0.6) is 0 Å². The van der Waals surface area contributed by atoms with Crippen molar-refractivity contribution in [1.29, 1.82) is 0 Å². The van der Waals surface area contributed by atoms with Crippen LogP contribution in [-0.2, 0) is 10.0 Å². The summed E-state index contributed by atoms with van der Waals surface area (Å²) in [6.07, 6.45) is 2.63. The van der Waals surface area contributed by atoms with E-state index in [2.05, 4.69) is 4.72 Å². The molecule has 1 saturated heterocycles. The minimum Gasteiger partial charge on any atom is -0.339 e. The first-order valence-electron chi connectivity index (χ1n) is 7.96. The van der Waals surface area contributed by atoms with E-state index < -0.39 is 15.8 Å². The van der Waals surface area contributed by atoms with E-state index in [-0.39, 0.29) is 17.7 Å². The Balaban J connectivity index is 1.87. The molecule has 23 heavy (non-hydrogen) atoms. The van der Waals surface area contributed by atoms with Gasteiger partial charge in [0.05, 0.1) is 5.75 Å². The van der Waals surface area contributed by atoms with Crippen molar-refractivity contribution >= 4 is 15.9 Å². The van der Waals surface area contributed by atoms with Crippen molar-refractivity contribution in [2.24, 2.45) is 0 Å². The van der Waals surface area contributed by atoms with Gasteiger partial charge in [-0.2, -0.15) is 0 Å². The molecule has 1 amide bonds. The zero-order chi connectivity index (χ0) is 16.9. The number of halogens is 1. The van der Waals surface area contributed by atoms with Gasteiger partial charge in [-0.1, -0.05) is 19.4 Å². The highest BCUT2D eigenvalue weighted by atomic mass is 32.2. The van der Waals surface area contributed by atoms with Crippen LogP contribution in [0.4, 0.5) is 4.39 Å². The maximum Gasteiger partial charge on any atom is 0.253 e. The predicted octanol–water partition coefficient (Wildman–Crippen LogP) is 2.15. The van der Waals surface area contributed by atoms with Gasteiger partial charge in [0, 0.05) is 24.7 Å². The van der Waals surface area contributed by atoms with Gasteiger partial charge in [0.15, 0.2) is 0 Å². The Morgan fingerprint density at radius 2 is 2.04 bits per heavy atom. The van der Waals surface area contributed by atoms with Gasteiger partial charge in [-0.15, -0.1) is 0 Å². The molecule has 2 rings (SSSR count). The molecular weight excluding hydrogens is 319 g/mol. The lowest BCUT2D eigenvalue weighted by molar-refractivity contribution is 0.0711. The SMILES string of the molecule is CCCCS(=O)(=O)NC1CCN(C(=O)c2cccc(F)c2)CC1. The molecule has 5 nitrogen and oxygen atoms in total. The summed E-state index contributed by atoms with van der Waals surface area (Å²) in [4.78, 5) is 14.0. The number of likely N-dealkylation sites (tertiary alicyclic amines) is 1. The van der Waals surface area contributed by atoms with Crippen LogP contribution in [0.15, 0.2) is 24.3 Å². The van der Waals surface area contributed by atoms with Crippen molar-refractivity contribution in [3.63, 3.8) is 0 Å². The predicted molar refractivity (Wildman–Crippen MR) is 87.2 cm³/mol. The molecule has 128 valence electrons. The molecule has 1 fully saturated rings. The molecule has 1 N–H and O–H groups in total. The van der Waals surface area contributed by atoms with Gasteiger partial charge >= 0.3 is 0 Å². The number of nitrogens with one attached hydrogen (secondary N) is 1. The Morgan fingerprint density at radius 3 is 2.65 bits per heavy atom. The molecule has 1 aromatic carbocycles. The third kappa shape index (κ3) is 5.28. The number of amides is 1. The lowest BCUT2D eigenvalue weighted by atomic mass is 10.0. The van der Waals surface area contributed by atoms with Crippen LogP contribution >= 0.6 is 0 Å². The summed E-state index contributed by atoms with van der Waals surface area (Å²) in [5.74, 6) is -0.502. The topological polar surface area (TPSA) is 66.5 Å². The molecule has 0 atom stereocenters. The third-order valence-electron chi connectivity index (χ3n) is 3.97. The first-order chi connectivity index (χ1) is 10.9. The van der Waals surface area contributed by atoms with E-state index in [0.29, 0.717) is 37.9 Å². The average Bonchev–Trinajstić information content (AvgIpc) is 2.53. The molecule has 1 aromatic rings. The van der Waals surface area contributed by atoms with E-state index in [0.717, 1.165) is 6.42 Å². The number of unbranched alkanes of at least 4 members (excludes halogenated alkanes) is 1. The van der Waals surface area contributed by atoms with Crippen molar-refractivity contribution in [2.45, 2.75) is 38.6 Å². The van der Waals surface area contributed by atoms with Gasteiger partial charge in [0.2, 0.25) is 10.0 Å². The highest BCUT2D eigenvalue weighted by Gasteiger charge is 2.26. The van der Waals surface area contributed by atoms with Crippen molar-refractivity contribution in [1.82, 2.24) is 9.62 Å². The van der Waals surface area contributed by atoms with Crippen LogP contribution in [-0.4, -0.2) is 44.1 Å². The van der Waals surface area contributed by atoms with E-state index in [4.69, 9.17) is 0 Å². The molecule has 0 unspecified atom stereocenters. The van der Waals surface area contributed by atoms with E-state index in [9.17, 15) is 17.6 Å². The Morgan fingerprint density at radius 1 is 1.35 bits per heavy atom. The number of carbonyl (C=O) groups excluding carboxylic acids is 1. The minimum absolute atomic E-state index is 0.131. The van der Waals surface area contributed by atoms with Gasteiger partial charge in [0.25, 0.3) is 5.91 Å². The maximum absolute atomic E-state index is 13.2. The monoisotopic (exact) mass is 342 g/mol. The average molecular weight is 342 g/mol. The van der Waals surface area contributed by atoms with E-state index in [1.165, 1.54) is 18.2 Å². The molecule has 0 spiro atoms. The quantitative estimate of drug-likeness (QED) is 0.861. The Labute approximate surface area is 136 Å². The maximum atomic E-state index is 13.2. The summed E-state index contributed by atoms with van der Waals surface area (Å²) in [5.41, 5.74) is 0.326. The smallest absolute Gasteiger partial charge is 0.253 e. The van der Waals surface area contributed by atoms with Gasteiger partial charge < -0.3 is 4.90 Å². The molecule has 0 bridgehead atoms. The Hall–Kier alpha value is -1.47. The number of rotatable bonds is 6. The third-order valence-corrected chi connectivity index (χ3v) is 5.49. The van der Waals surface area contributed by atoms with Crippen molar-refractivity contribution in [2.75, 3.05) is 18.8 Å². The number of nitrogens with zero attached hydrogens (tertiary/aromatic N) is 1. The van der Waals surface area contributed by atoms with Crippen LogP contribution in [0.3, 0.4) is 0 Å². The highest BCUT2D eigenvalue weighted by Crippen LogP contribution is 2.15. The summed E-state index contributed by atoms with van der Waals surface area (Å²) >= 11 is 0. The Bertz CT molecular complexity index is 640. The lowest BCUT2D eigenvalue weighted by Gasteiger charge is -2.32. The zero-order valence-electron chi connectivity index (χ0n) is 13.3. The fourth-order valence-corrected chi connectivity index (χ4v) is 4.18. The van der Waals surface area contributed by atoms with Crippen molar-refractivity contribution in [3.05, 3.63) is 35.6 Å². The molecule has 0 saturated carbocycles. The fourth-order valence-electron chi connectivity index (χ4n) is 2.65. The van der Waals surface area contributed by atoms with E-state index in [1.54, 1.807) is 11.0 Å². The fraction of sp³-hybridized carbons (Fsp3) is 0.562. The number of hydrogen-bond donors (Lipinski definition) is 1. The van der Waals surface area contributed by atoms with Gasteiger partial charge in [-0.25, -0.2) is 17.5 Å². The number of hydrogen-bond acceptors (Lipinski definition) is 3. The highest BCUT2D eigenvalue weighted by molar-refractivity contribution is 7.89. The van der Waals surface area contributed by atoms with Gasteiger partial charge in [-0.3, -0.25) is 4.79 Å². The summed E-state index contributed by atoms with van der Waals surface area (Å²) < 4.78 is 39.7. The second-order valence-corrected chi connectivity index (χ2v) is 7.74. The van der Waals surface area contributed by atoms with E-state index >= 15 is 0 Å². The number of benzene rings is 1. The molecule has 1 aliphatic rings. The second-order valence-electron chi connectivity index (χ2n) is 5.87. The zero-order valence-corrected chi connectivity index (χ0v) is 14.1. The van der Waals surface area contributed by atoms with Gasteiger partial charge in [-0.05, 0) is 37.5 Å². The summed E-state index contributed by atoms with van der Waals surface area (Å²) in [6, 6.07) is 5.49. The largest absolute Gasteiger partial charge is 0.339 e. The first-order valence-corrected chi connectivity index (χ1v) is 9.61. The molecule has 0 aromatic heterocycles. The van der Waals surface area contributed by atoms with E-state index in [1.807, 2.05) is 6.92 Å². The summed E-state index contributed by atoms with van der Waals surface area (Å²) in [6.45, 7) is 2.89. The van der Waals surface area contributed by atoms with Crippen molar-refractivity contribution in [3.8, 4) is 0 Å². The number of piperidine rings is 1. The van der Waals surface area contributed by atoms with Crippen LogP contribution in [0.1, 0.15) is 43.0 Å². The Kier molecular flexibility index (Phi) is 6.12. The number of sulfonamides is 1. The van der Waals surface area contributed by atoms with Crippen LogP contribution in [0.2, 0.25) is 0 Å². The molecule has 0 aliphatic carbocycles. The summed E-state index contributed by atoms with van der Waals surface area (Å²) in [7, 11) is -3.24. The standard InChI is InChI=1S/C16H23FN2O3S/c1-2-3-11-23(21,22)18-15-7-9-19(10-8-15)16(20)13-5-4-6-14(17)12-13/h4-6,12,15,18H,2-3,7-11H2,1H3. The second kappa shape index (κ2) is 7.88. The summed E-state index contributed by atoms with van der Waals surface area (Å²) in [5, 5.41) is 0. The molecule has 1 heterocycles.